The highest BCUT2D eigenvalue weighted by Crippen LogP contribution is 2.52. The van der Waals surface area contributed by atoms with Crippen LogP contribution in [0.1, 0.15) is 0 Å². The van der Waals surface area contributed by atoms with Crippen LogP contribution in [-0.2, 0) is 18.0 Å². The second-order valence-corrected chi connectivity index (χ2v) is 4.13. The van der Waals surface area contributed by atoms with Crippen LogP contribution < -0.4 is 0 Å². The van der Waals surface area contributed by atoms with E-state index in [0.29, 0.717) is 5.82 Å². The molecule has 0 heterocycles. The zero-order valence-electron chi connectivity index (χ0n) is 5.54. The predicted molar refractivity (Wildman–Crippen MR) is 40.0 cm³/mol. The van der Waals surface area contributed by atoms with E-state index < -0.39 is 15.9 Å². The fraction of sp³-hybridized carbons (Fsp3) is 0. The van der Waals surface area contributed by atoms with Crippen LogP contribution in [0.25, 0.3) is 0 Å². The summed E-state index contributed by atoms with van der Waals surface area (Å²) in [6, 6.07) is 0. The van der Waals surface area contributed by atoms with Crippen LogP contribution in [0, 0.1) is 0 Å². The second-order valence-electron chi connectivity index (χ2n) is 1.32. The summed E-state index contributed by atoms with van der Waals surface area (Å²) in [5.41, 5.74) is 0. The SMILES string of the molecule is C=CO[P+](=O)OP(=O)(O)C=C. The predicted octanol–water partition coefficient (Wildman–Crippen LogP) is 2.15. The lowest BCUT2D eigenvalue weighted by Gasteiger charge is -1.92. The molecule has 0 aliphatic carbocycles. The maximum absolute atomic E-state index is 10.6. The number of hydrogen-bond donors (Lipinski definition) is 1. The molecule has 2 unspecified atom stereocenters. The molecule has 0 radical (unpaired) electrons. The molecule has 0 aliphatic rings. The summed E-state index contributed by atoms with van der Waals surface area (Å²) in [5, 5.41) is 0. The Bertz CT molecular complexity index is 223. The molecular weight excluding hydrogens is 190 g/mol. The Labute approximate surface area is 64.8 Å². The molecule has 7 heteroatoms. The van der Waals surface area contributed by atoms with E-state index in [2.05, 4.69) is 22.0 Å². The monoisotopic (exact) mass is 197 g/mol. The first-order valence-electron chi connectivity index (χ1n) is 2.42. The molecule has 5 nitrogen and oxygen atoms in total. The van der Waals surface area contributed by atoms with Gasteiger partial charge in [0.25, 0.3) is 0 Å². The van der Waals surface area contributed by atoms with Crippen LogP contribution in [0.5, 0.6) is 0 Å². The molecule has 11 heavy (non-hydrogen) atoms. The lowest BCUT2D eigenvalue weighted by molar-refractivity contribution is 0.346. The van der Waals surface area contributed by atoms with Gasteiger partial charge in [-0.3, -0.25) is 4.57 Å². The van der Waals surface area contributed by atoms with E-state index in [0.717, 1.165) is 6.26 Å². The minimum atomic E-state index is -3.95. The van der Waals surface area contributed by atoms with Gasteiger partial charge in [0.1, 0.15) is 6.26 Å². The van der Waals surface area contributed by atoms with Crippen molar-refractivity contribution in [2.45, 2.75) is 0 Å². The third-order valence-corrected chi connectivity index (χ3v) is 2.83. The lowest BCUT2D eigenvalue weighted by atomic mass is 11.2. The Morgan fingerprint density at radius 3 is 2.45 bits per heavy atom. The highest BCUT2D eigenvalue weighted by atomic mass is 31.2. The fourth-order valence-corrected chi connectivity index (χ4v) is 1.52. The van der Waals surface area contributed by atoms with E-state index in [-0.39, 0.29) is 0 Å². The average Bonchev–Trinajstić information content (AvgIpc) is 1.87. The van der Waals surface area contributed by atoms with Gasteiger partial charge in [0.05, 0.1) is 0 Å². The van der Waals surface area contributed by atoms with Gasteiger partial charge in [0, 0.05) is 10.4 Å². The smallest absolute Gasteiger partial charge is 0.319 e. The van der Waals surface area contributed by atoms with Crippen molar-refractivity contribution in [2.24, 2.45) is 0 Å². The topological polar surface area (TPSA) is 72.8 Å². The summed E-state index contributed by atoms with van der Waals surface area (Å²) in [6.45, 7) is 6.07. The molecule has 0 aliphatic heterocycles. The number of rotatable bonds is 5. The zero-order valence-corrected chi connectivity index (χ0v) is 7.33. The van der Waals surface area contributed by atoms with Crippen LogP contribution in [0.15, 0.2) is 25.2 Å². The van der Waals surface area contributed by atoms with Crippen molar-refractivity contribution in [2.75, 3.05) is 0 Å². The van der Waals surface area contributed by atoms with Gasteiger partial charge < -0.3 is 4.89 Å². The Morgan fingerprint density at radius 1 is 1.55 bits per heavy atom. The summed E-state index contributed by atoms with van der Waals surface area (Å²) >= 11 is 0. The van der Waals surface area contributed by atoms with Gasteiger partial charge in [-0.25, -0.2) is 4.52 Å². The highest BCUT2D eigenvalue weighted by molar-refractivity contribution is 7.62. The van der Waals surface area contributed by atoms with E-state index in [1.807, 2.05) is 0 Å². The minimum Gasteiger partial charge on any atom is -0.319 e. The molecule has 0 saturated carbocycles. The van der Waals surface area contributed by atoms with Gasteiger partial charge in [0.2, 0.25) is 0 Å². The lowest BCUT2D eigenvalue weighted by Crippen LogP contribution is -1.76. The van der Waals surface area contributed by atoms with Crippen molar-refractivity contribution in [3.05, 3.63) is 25.2 Å². The first kappa shape index (κ1) is 10.5. The Balaban J connectivity index is 4.04. The maximum atomic E-state index is 10.6. The largest absolute Gasteiger partial charge is 0.758 e. The summed E-state index contributed by atoms with van der Waals surface area (Å²) in [6.07, 6.45) is 0.849. The van der Waals surface area contributed by atoms with Gasteiger partial charge in [-0.1, -0.05) is 13.2 Å². The van der Waals surface area contributed by atoms with E-state index >= 15 is 0 Å². The zero-order chi connectivity index (χ0) is 8.91. The van der Waals surface area contributed by atoms with Crippen LogP contribution in [0.3, 0.4) is 0 Å². The Kier molecular flexibility index (Phi) is 4.23. The molecule has 0 aromatic carbocycles. The molecule has 1 N–H and O–H groups in total. The van der Waals surface area contributed by atoms with Crippen molar-refractivity contribution in [1.29, 1.82) is 0 Å². The molecule has 2 atom stereocenters. The van der Waals surface area contributed by atoms with Crippen molar-refractivity contribution in [3.63, 3.8) is 0 Å². The maximum Gasteiger partial charge on any atom is 0.758 e. The third-order valence-electron chi connectivity index (χ3n) is 0.575. The summed E-state index contributed by atoms with van der Waals surface area (Å²) in [5.74, 6) is 0.659. The van der Waals surface area contributed by atoms with Crippen molar-refractivity contribution < 1.29 is 22.9 Å². The molecule has 0 amide bonds. The Morgan fingerprint density at radius 2 is 2.09 bits per heavy atom. The number of hydrogen-bond acceptors (Lipinski definition) is 4. The van der Waals surface area contributed by atoms with Gasteiger partial charge in [-0.05, 0) is 4.31 Å². The molecule has 0 aromatic rings. The summed E-state index contributed by atoms with van der Waals surface area (Å²) in [4.78, 5) is 8.64. The van der Waals surface area contributed by atoms with Crippen LogP contribution in [-0.4, -0.2) is 4.89 Å². The molecule has 62 valence electrons. The molecule has 0 rings (SSSR count). The van der Waals surface area contributed by atoms with Gasteiger partial charge in [0.15, 0.2) is 0 Å². The standard InChI is InChI=1S/C4H6O5P2/c1-3-8-10(5)9-11(6,7)4-2/h3-4H,1-2H2/p+1. The molecule has 0 aromatic heterocycles. The molecular formula is C4H7O5P2+. The molecule has 0 bridgehead atoms. The molecule has 0 saturated heterocycles. The van der Waals surface area contributed by atoms with E-state index in [1.54, 1.807) is 0 Å². The first-order chi connectivity index (χ1) is 5.02. The molecule has 0 spiro atoms. The summed E-state index contributed by atoms with van der Waals surface area (Å²) < 4.78 is 29.2. The van der Waals surface area contributed by atoms with Gasteiger partial charge >= 0.3 is 15.9 Å². The third kappa shape index (κ3) is 4.87. The minimum absolute atomic E-state index is 0.659. The van der Waals surface area contributed by atoms with E-state index in [4.69, 9.17) is 4.89 Å². The van der Waals surface area contributed by atoms with Crippen molar-refractivity contribution in [1.82, 2.24) is 0 Å². The second kappa shape index (κ2) is 4.42. The first-order valence-corrected chi connectivity index (χ1v) is 5.17. The van der Waals surface area contributed by atoms with E-state index in [9.17, 15) is 9.13 Å². The average molecular weight is 197 g/mol. The van der Waals surface area contributed by atoms with Crippen LogP contribution >= 0.6 is 15.9 Å². The van der Waals surface area contributed by atoms with Crippen molar-refractivity contribution >= 4 is 15.9 Å². The van der Waals surface area contributed by atoms with Gasteiger partial charge in [-0.2, -0.15) is 0 Å². The fourth-order valence-electron chi connectivity index (χ4n) is 0.209. The van der Waals surface area contributed by atoms with Crippen LogP contribution in [0.2, 0.25) is 0 Å². The summed E-state index contributed by atoms with van der Waals surface area (Å²) in [7, 11) is -6.58. The van der Waals surface area contributed by atoms with Crippen LogP contribution in [0.4, 0.5) is 0 Å². The molecule has 0 fully saturated rings. The normalized spacial score (nSPS) is 16.3. The highest BCUT2D eigenvalue weighted by Gasteiger charge is 2.32. The quantitative estimate of drug-likeness (QED) is 0.539. The van der Waals surface area contributed by atoms with E-state index in [1.165, 1.54) is 0 Å². The van der Waals surface area contributed by atoms with Crippen molar-refractivity contribution in [3.8, 4) is 0 Å². The Hall–Kier alpha value is -0.470. The van der Waals surface area contributed by atoms with Gasteiger partial charge in [-0.15, -0.1) is 0 Å².